The fourth-order valence-electron chi connectivity index (χ4n) is 1.71. The number of methoxy groups -OCH3 is 1. The molecule has 1 rings (SSSR count). The topological polar surface area (TPSA) is 38.3 Å². The minimum atomic E-state index is -0.223. The van der Waals surface area contributed by atoms with Crippen molar-refractivity contribution in [3.63, 3.8) is 0 Å². The van der Waals surface area contributed by atoms with E-state index in [1.165, 1.54) is 19.2 Å². The number of benzene rings is 1. The van der Waals surface area contributed by atoms with Gasteiger partial charge in [-0.15, -0.1) is 0 Å². The third-order valence-electron chi connectivity index (χ3n) is 2.83. The summed E-state index contributed by atoms with van der Waals surface area (Å²) in [5, 5.41) is 3.27. The third kappa shape index (κ3) is 4.84. The molecule has 1 N–H and O–H groups in total. The van der Waals surface area contributed by atoms with Gasteiger partial charge in [0, 0.05) is 12.6 Å². The second-order valence-electron chi connectivity index (χ2n) is 4.56. The molecule has 0 radical (unpaired) electrons. The predicted molar refractivity (Wildman–Crippen MR) is 68.7 cm³/mol. The number of carbonyl (C=O) groups excluding carboxylic acids is 1. The van der Waals surface area contributed by atoms with Crippen molar-refractivity contribution < 1.29 is 13.9 Å². The molecule has 0 heterocycles. The second kappa shape index (κ2) is 7.11. The standard InChI is InChI=1S/C14H20FNO2/c1-10(14(17)18-3)9-16-11(2)8-12-4-6-13(15)7-5-12/h4-7,10-11,16H,8-9H2,1-3H3. The first-order valence-corrected chi connectivity index (χ1v) is 6.08. The molecule has 0 spiro atoms. The molecule has 100 valence electrons. The van der Waals surface area contributed by atoms with Crippen LogP contribution in [0.4, 0.5) is 4.39 Å². The first kappa shape index (κ1) is 14.6. The quantitative estimate of drug-likeness (QED) is 0.789. The van der Waals surface area contributed by atoms with E-state index in [0.29, 0.717) is 6.54 Å². The van der Waals surface area contributed by atoms with Gasteiger partial charge in [-0.05, 0) is 31.0 Å². The Morgan fingerprint density at radius 1 is 1.33 bits per heavy atom. The van der Waals surface area contributed by atoms with Crippen molar-refractivity contribution in [2.24, 2.45) is 5.92 Å². The van der Waals surface area contributed by atoms with E-state index in [9.17, 15) is 9.18 Å². The maximum atomic E-state index is 12.7. The molecule has 1 aromatic rings. The van der Waals surface area contributed by atoms with Crippen molar-refractivity contribution in [1.82, 2.24) is 5.32 Å². The Balaban J connectivity index is 2.35. The average molecular weight is 253 g/mol. The number of carbonyl (C=O) groups is 1. The summed E-state index contributed by atoms with van der Waals surface area (Å²) >= 11 is 0. The van der Waals surface area contributed by atoms with Crippen LogP contribution in [0.15, 0.2) is 24.3 Å². The zero-order chi connectivity index (χ0) is 13.5. The van der Waals surface area contributed by atoms with Crippen LogP contribution in [-0.2, 0) is 16.0 Å². The SMILES string of the molecule is COC(=O)C(C)CNC(C)Cc1ccc(F)cc1. The van der Waals surface area contributed by atoms with E-state index in [2.05, 4.69) is 10.1 Å². The maximum absolute atomic E-state index is 12.7. The fraction of sp³-hybridized carbons (Fsp3) is 0.500. The largest absolute Gasteiger partial charge is 0.469 e. The van der Waals surface area contributed by atoms with Gasteiger partial charge in [0.05, 0.1) is 13.0 Å². The lowest BCUT2D eigenvalue weighted by Crippen LogP contribution is -2.34. The Morgan fingerprint density at radius 2 is 1.94 bits per heavy atom. The highest BCUT2D eigenvalue weighted by molar-refractivity contribution is 5.72. The van der Waals surface area contributed by atoms with E-state index in [1.54, 1.807) is 12.1 Å². The van der Waals surface area contributed by atoms with Crippen molar-refractivity contribution in [2.75, 3.05) is 13.7 Å². The van der Waals surface area contributed by atoms with Gasteiger partial charge in [0.1, 0.15) is 5.82 Å². The number of hydrogen-bond acceptors (Lipinski definition) is 3. The molecule has 3 nitrogen and oxygen atoms in total. The van der Waals surface area contributed by atoms with Gasteiger partial charge >= 0.3 is 5.97 Å². The molecular formula is C14H20FNO2. The number of esters is 1. The van der Waals surface area contributed by atoms with Crippen LogP contribution >= 0.6 is 0 Å². The highest BCUT2D eigenvalue weighted by Crippen LogP contribution is 2.06. The van der Waals surface area contributed by atoms with Crippen LogP contribution in [0.1, 0.15) is 19.4 Å². The van der Waals surface area contributed by atoms with E-state index in [-0.39, 0.29) is 23.7 Å². The number of nitrogens with one attached hydrogen (secondary N) is 1. The Bertz CT molecular complexity index is 378. The summed E-state index contributed by atoms with van der Waals surface area (Å²) in [5.74, 6) is -0.596. The van der Waals surface area contributed by atoms with Crippen molar-refractivity contribution >= 4 is 5.97 Å². The second-order valence-corrected chi connectivity index (χ2v) is 4.56. The molecule has 0 aliphatic rings. The summed E-state index contributed by atoms with van der Waals surface area (Å²) in [6.45, 7) is 4.44. The molecular weight excluding hydrogens is 233 g/mol. The van der Waals surface area contributed by atoms with Crippen molar-refractivity contribution in [3.05, 3.63) is 35.6 Å². The molecule has 1 aromatic carbocycles. The summed E-state index contributed by atoms with van der Waals surface area (Å²) in [7, 11) is 1.39. The van der Waals surface area contributed by atoms with Gasteiger partial charge in [-0.2, -0.15) is 0 Å². The van der Waals surface area contributed by atoms with Gasteiger partial charge in [-0.1, -0.05) is 19.1 Å². The summed E-state index contributed by atoms with van der Waals surface area (Å²) < 4.78 is 17.4. The monoisotopic (exact) mass is 253 g/mol. The molecule has 0 aliphatic heterocycles. The summed E-state index contributed by atoms with van der Waals surface area (Å²) in [4.78, 5) is 11.2. The van der Waals surface area contributed by atoms with Crippen LogP contribution in [0.2, 0.25) is 0 Å². The van der Waals surface area contributed by atoms with E-state index in [1.807, 2.05) is 13.8 Å². The van der Waals surface area contributed by atoms with E-state index < -0.39 is 0 Å². The molecule has 2 unspecified atom stereocenters. The first-order chi connectivity index (χ1) is 8.52. The van der Waals surface area contributed by atoms with E-state index in [4.69, 9.17) is 0 Å². The molecule has 0 amide bonds. The Morgan fingerprint density at radius 3 is 2.50 bits per heavy atom. The minimum Gasteiger partial charge on any atom is -0.469 e. The fourth-order valence-corrected chi connectivity index (χ4v) is 1.71. The number of ether oxygens (including phenoxy) is 1. The number of rotatable bonds is 6. The molecule has 18 heavy (non-hydrogen) atoms. The van der Waals surface area contributed by atoms with Crippen molar-refractivity contribution in [2.45, 2.75) is 26.3 Å². The lowest BCUT2D eigenvalue weighted by Gasteiger charge is -2.16. The van der Waals surface area contributed by atoms with Gasteiger partial charge in [0.2, 0.25) is 0 Å². The summed E-state index contributed by atoms with van der Waals surface area (Å²) in [6.07, 6.45) is 0.800. The third-order valence-corrected chi connectivity index (χ3v) is 2.83. The molecule has 0 saturated heterocycles. The van der Waals surface area contributed by atoms with Crippen LogP contribution in [0, 0.1) is 11.7 Å². The lowest BCUT2D eigenvalue weighted by molar-refractivity contribution is -0.144. The number of hydrogen-bond donors (Lipinski definition) is 1. The van der Waals surface area contributed by atoms with Crippen LogP contribution in [0.3, 0.4) is 0 Å². The number of halogens is 1. The van der Waals surface area contributed by atoms with Crippen LogP contribution in [0.25, 0.3) is 0 Å². The molecule has 0 saturated carbocycles. The first-order valence-electron chi connectivity index (χ1n) is 6.08. The van der Waals surface area contributed by atoms with E-state index in [0.717, 1.165) is 12.0 Å². The molecule has 0 aliphatic carbocycles. The van der Waals surface area contributed by atoms with Gasteiger partial charge in [0.15, 0.2) is 0 Å². The Hall–Kier alpha value is -1.42. The highest BCUT2D eigenvalue weighted by atomic mass is 19.1. The van der Waals surface area contributed by atoms with Crippen LogP contribution in [0.5, 0.6) is 0 Å². The lowest BCUT2D eigenvalue weighted by atomic mass is 10.1. The van der Waals surface area contributed by atoms with Crippen molar-refractivity contribution in [3.8, 4) is 0 Å². The zero-order valence-electron chi connectivity index (χ0n) is 11.1. The summed E-state index contributed by atoms with van der Waals surface area (Å²) in [6, 6.07) is 6.69. The van der Waals surface area contributed by atoms with E-state index >= 15 is 0 Å². The van der Waals surface area contributed by atoms with Gasteiger partial charge in [-0.25, -0.2) is 4.39 Å². The molecule has 4 heteroatoms. The Labute approximate surface area is 107 Å². The maximum Gasteiger partial charge on any atom is 0.309 e. The molecule has 0 aromatic heterocycles. The summed E-state index contributed by atoms with van der Waals surface area (Å²) in [5.41, 5.74) is 1.07. The smallest absolute Gasteiger partial charge is 0.309 e. The van der Waals surface area contributed by atoms with Gasteiger partial charge in [-0.3, -0.25) is 4.79 Å². The van der Waals surface area contributed by atoms with Gasteiger partial charge < -0.3 is 10.1 Å². The molecule has 2 atom stereocenters. The normalized spacial score (nSPS) is 14.0. The molecule has 0 fully saturated rings. The Kier molecular flexibility index (Phi) is 5.78. The van der Waals surface area contributed by atoms with Crippen LogP contribution in [-0.4, -0.2) is 25.7 Å². The minimum absolute atomic E-state index is 0.161. The zero-order valence-corrected chi connectivity index (χ0v) is 11.1. The van der Waals surface area contributed by atoms with Gasteiger partial charge in [0.25, 0.3) is 0 Å². The average Bonchev–Trinajstić information content (AvgIpc) is 2.37. The predicted octanol–water partition coefficient (Wildman–Crippen LogP) is 2.16. The van der Waals surface area contributed by atoms with Crippen LogP contribution < -0.4 is 5.32 Å². The van der Waals surface area contributed by atoms with Crippen molar-refractivity contribution in [1.29, 1.82) is 0 Å². The molecule has 0 bridgehead atoms. The highest BCUT2D eigenvalue weighted by Gasteiger charge is 2.13.